The van der Waals surface area contributed by atoms with Gasteiger partial charge < -0.3 is 21.1 Å². The van der Waals surface area contributed by atoms with Gasteiger partial charge in [-0.05, 0) is 24.3 Å². The summed E-state index contributed by atoms with van der Waals surface area (Å²) in [5, 5.41) is 5.35. The summed E-state index contributed by atoms with van der Waals surface area (Å²) in [7, 11) is 1.55. The number of nitrogens with two attached hydrogens (primary N) is 1. The first-order chi connectivity index (χ1) is 11.1. The van der Waals surface area contributed by atoms with E-state index in [4.69, 9.17) is 10.5 Å². The molecule has 4 N–H and O–H groups in total. The van der Waals surface area contributed by atoms with Crippen LogP contribution in [-0.4, -0.2) is 37.1 Å². The van der Waals surface area contributed by atoms with Crippen LogP contribution in [0.2, 0.25) is 0 Å². The van der Waals surface area contributed by atoms with Crippen molar-refractivity contribution in [3.63, 3.8) is 0 Å². The van der Waals surface area contributed by atoms with E-state index in [0.717, 1.165) is 0 Å². The lowest BCUT2D eigenvalue weighted by atomic mass is 10.2. The van der Waals surface area contributed by atoms with Gasteiger partial charge in [-0.3, -0.25) is 14.6 Å². The van der Waals surface area contributed by atoms with E-state index in [0.29, 0.717) is 30.1 Å². The summed E-state index contributed by atoms with van der Waals surface area (Å²) in [6.07, 6.45) is 1.35. The van der Waals surface area contributed by atoms with Crippen molar-refractivity contribution in [3.05, 3.63) is 53.9 Å². The topological polar surface area (TPSA) is 106 Å². The van der Waals surface area contributed by atoms with E-state index in [9.17, 15) is 9.59 Å². The highest BCUT2D eigenvalue weighted by Crippen LogP contribution is 2.17. The number of hydrogen-bond donors (Lipinski definition) is 3. The number of hydrogen-bond acceptors (Lipinski definition) is 5. The molecule has 2 amide bonds. The number of nitrogens with zero attached hydrogens (tertiary/aromatic N) is 1. The molecule has 0 saturated carbocycles. The SMILES string of the molecule is COCCNC(=O)c1ccc(C(=O)Nc2ccccc2N)cn1. The first kappa shape index (κ1) is 16.4. The first-order valence-corrected chi connectivity index (χ1v) is 7.01. The molecular weight excluding hydrogens is 296 g/mol. The number of para-hydroxylation sites is 2. The lowest BCUT2D eigenvalue weighted by Gasteiger charge is -2.08. The van der Waals surface area contributed by atoms with Gasteiger partial charge in [-0.2, -0.15) is 0 Å². The second-order valence-corrected chi connectivity index (χ2v) is 4.72. The summed E-state index contributed by atoms with van der Waals surface area (Å²) in [6.45, 7) is 0.817. The molecule has 1 aromatic heterocycles. The molecule has 1 heterocycles. The van der Waals surface area contributed by atoms with E-state index in [-0.39, 0.29) is 17.5 Å². The number of rotatable bonds is 6. The molecule has 0 aliphatic carbocycles. The number of pyridine rings is 1. The lowest BCUT2D eigenvalue weighted by molar-refractivity contribution is 0.0930. The summed E-state index contributed by atoms with van der Waals surface area (Å²) in [4.78, 5) is 27.9. The standard InChI is InChI=1S/C16H18N4O3/c1-23-9-8-18-16(22)14-7-6-11(10-19-14)15(21)20-13-5-3-2-4-12(13)17/h2-7,10H,8-9,17H2,1H3,(H,18,22)(H,20,21). The number of benzene rings is 1. The number of nitrogens with one attached hydrogen (secondary N) is 2. The van der Waals surface area contributed by atoms with Crippen molar-refractivity contribution < 1.29 is 14.3 Å². The van der Waals surface area contributed by atoms with Gasteiger partial charge in [0.25, 0.3) is 11.8 Å². The highest BCUT2D eigenvalue weighted by atomic mass is 16.5. The quantitative estimate of drug-likeness (QED) is 0.550. The zero-order valence-corrected chi connectivity index (χ0v) is 12.7. The molecule has 23 heavy (non-hydrogen) atoms. The molecule has 0 atom stereocenters. The van der Waals surface area contributed by atoms with Gasteiger partial charge >= 0.3 is 0 Å². The van der Waals surface area contributed by atoms with Crippen LogP contribution < -0.4 is 16.4 Å². The fraction of sp³-hybridized carbons (Fsp3) is 0.188. The molecule has 2 rings (SSSR count). The Kier molecular flexibility index (Phi) is 5.65. The van der Waals surface area contributed by atoms with Crippen molar-refractivity contribution in [3.8, 4) is 0 Å². The van der Waals surface area contributed by atoms with Crippen LogP contribution >= 0.6 is 0 Å². The normalized spacial score (nSPS) is 10.1. The van der Waals surface area contributed by atoms with Crippen molar-refractivity contribution in [1.82, 2.24) is 10.3 Å². The monoisotopic (exact) mass is 314 g/mol. The maximum atomic E-state index is 12.1. The maximum Gasteiger partial charge on any atom is 0.269 e. The van der Waals surface area contributed by atoms with E-state index in [1.54, 1.807) is 31.4 Å². The average molecular weight is 314 g/mol. The molecule has 0 radical (unpaired) electrons. The Labute approximate surface area is 133 Å². The summed E-state index contributed by atoms with van der Waals surface area (Å²) >= 11 is 0. The fourth-order valence-electron chi connectivity index (χ4n) is 1.83. The van der Waals surface area contributed by atoms with Gasteiger partial charge in [0.2, 0.25) is 0 Å². The number of carbonyl (C=O) groups excluding carboxylic acids is 2. The summed E-state index contributed by atoms with van der Waals surface area (Å²) in [5.41, 5.74) is 7.35. The van der Waals surface area contributed by atoms with Gasteiger partial charge in [-0.15, -0.1) is 0 Å². The molecule has 7 nitrogen and oxygen atoms in total. The number of nitrogen functional groups attached to an aromatic ring is 1. The Bertz CT molecular complexity index is 686. The molecule has 0 bridgehead atoms. The Morgan fingerprint density at radius 1 is 1.17 bits per heavy atom. The summed E-state index contributed by atoms with van der Waals surface area (Å²) in [5.74, 6) is -0.664. The number of anilines is 2. The van der Waals surface area contributed by atoms with Crippen molar-refractivity contribution in [2.75, 3.05) is 31.3 Å². The minimum atomic E-state index is -0.346. The smallest absolute Gasteiger partial charge is 0.269 e. The van der Waals surface area contributed by atoms with Crippen LogP contribution in [0.3, 0.4) is 0 Å². The average Bonchev–Trinajstić information content (AvgIpc) is 2.57. The number of ether oxygens (including phenoxy) is 1. The van der Waals surface area contributed by atoms with Crippen LogP contribution in [0.4, 0.5) is 11.4 Å². The van der Waals surface area contributed by atoms with Gasteiger partial charge in [0.15, 0.2) is 0 Å². The van der Waals surface area contributed by atoms with Gasteiger partial charge in [0.1, 0.15) is 5.69 Å². The molecule has 0 saturated heterocycles. The minimum Gasteiger partial charge on any atom is -0.397 e. The predicted molar refractivity (Wildman–Crippen MR) is 87.3 cm³/mol. The van der Waals surface area contributed by atoms with Crippen LogP contribution in [0.5, 0.6) is 0 Å². The van der Waals surface area contributed by atoms with E-state index in [1.165, 1.54) is 18.3 Å². The molecular formula is C16H18N4O3. The summed E-state index contributed by atoms with van der Waals surface area (Å²) in [6, 6.07) is 9.99. The largest absolute Gasteiger partial charge is 0.397 e. The minimum absolute atomic E-state index is 0.233. The van der Waals surface area contributed by atoms with Crippen molar-refractivity contribution >= 4 is 23.2 Å². The van der Waals surface area contributed by atoms with Crippen molar-refractivity contribution in [1.29, 1.82) is 0 Å². The molecule has 0 fully saturated rings. The van der Waals surface area contributed by atoms with Gasteiger partial charge in [-0.25, -0.2) is 0 Å². The summed E-state index contributed by atoms with van der Waals surface area (Å²) < 4.78 is 4.85. The first-order valence-electron chi connectivity index (χ1n) is 7.01. The van der Waals surface area contributed by atoms with E-state index >= 15 is 0 Å². The number of amides is 2. The molecule has 1 aromatic carbocycles. The second-order valence-electron chi connectivity index (χ2n) is 4.72. The third-order valence-corrected chi connectivity index (χ3v) is 3.06. The Morgan fingerprint density at radius 3 is 2.61 bits per heavy atom. The molecule has 120 valence electrons. The number of carbonyl (C=O) groups is 2. The van der Waals surface area contributed by atoms with Crippen LogP contribution in [0.25, 0.3) is 0 Å². The third-order valence-electron chi connectivity index (χ3n) is 3.06. The van der Waals surface area contributed by atoms with E-state index < -0.39 is 0 Å². The van der Waals surface area contributed by atoms with Crippen molar-refractivity contribution in [2.24, 2.45) is 0 Å². The number of methoxy groups -OCH3 is 1. The van der Waals surface area contributed by atoms with Gasteiger partial charge in [0, 0.05) is 19.9 Å². The Hall–Kier alpha value is -2.93. The zero-order valence-electron chi connectivity index (χ0n) is 12.7. The second kappa shape index (κ2) is 7.90. The molecule has 2 aromatic rings. The Morgan fingerprint density at radius 2 is 1.96 bits per heavy atom. The third kappa shape index (κ3) is 4.52. The maximum absolute atomic E-state index is 12.1. The van der Waals surface area contributed by atoms with Gasteiger partial charge in [-0.1, -0.05) is 12.1 Å². The van der Waals surface area contributed by atoms with E-state index in [2.05, 4.69) is 15.6 Å². The fourth-order valence-corrected chi connectivity index (χ4v) is 1.83. The van der Waals surface area contributed by atoms with Crippen LogP contribution in [0, 0.1) is 0 Å². The molecule has 0 spiro atoms. The molecule has 7 heteroatoms. The number of aromatic nitrogens is 1. The molecule has 0 aliphatic rings. The lowest BCUT2D eigenvalue weighted by Crippen LogP contribution is -2.27. The van der Waals surface area contributed by atoms with Crippen molar-refractivity contribution in [2.45, 2.75) is 0 Å². The van der Waals surface area contributed by atoms with Crippen LogP contribution in [-0.2, 0) is 4.74 Å². The molecule has 0 aliphatic heterocycles. The Balaban J connectivity index is 2.00. The van der Waals surface area contributed by atoms with Crippen LogP contribution in [0.1, 0.15) is 20.8 Å². The predicted octanol–water partition coefficient (Wildman–Crippen LogP) is 1.29. The highest BCUT2D eigenvalue weighted by molar-refractivity contribution is 6.05. The highest BCUT2D eigenvalue weighted by Gasteiger charge is 2.11. The molecule has 0 unspecified atom stereocenters. The zero-order chi connectivity index (χ0) is 16.7. The van der Waals surface area contributed by atoms with E-state index in [1.807, 2.05) is 0 Å². The van der Waals surface area contributed by atoms with Crippen LogP contribution in [0.15, 0.2) is 42.6 Å². The van der Waals surface area contributed by atoms with Gasteiger partial charge in [0.05, 0.1) is 23.5 Å².